The highest BCUT2D eigenvalue weighted by atomic mass is 19.1. The molecule has 3 rings (SSSR count). The van der Waals surface area contributed by atoms with E-state index in [4.69, 9.17) is 4.74 Å². The maximum atomic E-state index is 13.8. The van der Waals surface area contributed by atoms with Gasteiger partial charge in [0.25, 0.3) is 0 Å². The predicted octanol–water partition coefficient (Wildman–Crippen LogP) is 2.49. The molecule has 1 atom stereocenters. The quantitative estimate of drug-likeness (QED) is 0.385. The Morgan fingerprint density at radius 3 is 2.67 bits per heavy atom. The molecular formula is C23H38FN5O. The number of hydrogen-bond donors (Lipinski definition) is 2. The van der Waals surface area contributed by atoms with Gasteiger partial charge in [0.05, 0.1) is 19.3 Å². The lowest BCUT2D eigenvalue weighted by molar-refractivity contribution is 0.0169. The van der Waals surface area contributed by atoms with Gasteiger partial charge in [-0.3, -0.25) is 9.89 Å². The normalized spacial score (nSPS) is 20.8. The van der Waals surface area contributed by atoms with E-state index >= 15 is 0 Å². The maximum Gasteiger partial charge on any atom is 0.191 e. The number of ether oxygens (including phenoxy) is 1. The summed E-state index contributed by atoms with van der Waals surface area (Å²) in [5.74, 6) is 1.48. The smallest absolute Gasteiger partial charge is 0.191 e. The fourth-order valence-electron chi connectivity index (χ4n) is 4.27. The second kappa shape index (κ2) is 12.2. The Morgan fingerprint density at radius 2 is 1.97 bits per heavy atom. The summed E-state index contributed by atoms with van der Waals surface area (Å²) in [6.07, 6.45) is 3.74. The summed E-state index contributed by atoms with van der Waals surface area (Å²) in [5, 5.41) is 6.88. The highest BCUT2D eigenvalue weighted by Gasteiger charge is 2.23. The van der Waals surface area contributed by atoms with Crippen molar-refractivity contribution in [3.63, 3.8) is 0 Å². The van der Waals surface area contributed by atoms with Crippen LogP contribution in [0.2, 0.25) is 0 Å². The summed E-state index contributed by atoms with van der Waals surface area (Å²) >= 11 is 0. The second-order valence-electron chi connectivity index (χ2n) is 8.48. The number of guanidine groups is 1. The molecule has 0 radical (unpaired) electrons. The third-order valence-corrected chi connectivity index (χ3v) is 6.23. The molecular weight excluding hydrogens is 381 g/mol. The Labute approximate surface area is 180 Å². The van der Waals surface area contributed by atoms with Gasteiger partial charge >= 0.3 is 0 Å². The Bertz CT molecular complexity index is 657. The molecule has 0 saturated carbocycles. The van der Waals surface area contributed by atoms with Crippen LogP contribution in [0.3, 0.4) is 0 Å². The largest absolute Gasteiger partial charge is 0.379 e. The second-order valence-corrected chi connectivity index (χ2v) is 8.48. The van der Waals surface area contributed by atoms with E-state index in [1.165, 1.54) is 32.0 Å². The van der Waals surface area contributed by atoms with Crippen LogP contribution < -0.4 is 10.6 Å². The number of aliphatic imine (C=N–C) groups is 1. The van der Waals surface area contributed by atoms with E-state index in [0.29, 0.717) is 19.8 Å². The summed E-state index contributed by atoms with van der Waals surface area (Å²) in [7, 11) is 1.80. The Morgan fingerprint density at radius 1 is 1.20 bits per heavy atom. The van der Waals surface area contributed by atoms with Crippen molar-refractivity contribution >= 4 is 5.96 Å². The van der Waals surface area contributed by atoms with Gasteiger partial charge in [-0.15, -0.1) is 0 Å². The minimum absolute atomic E-state index is 0.0819. The molecule has 1 unspecified atom stereocenters. The molecule has 2 aliphatic heterocycles. The van der Waals surface area contributed by atoms with Crippen molar-refractivity contribution in [2.45, 2.75) is 32.2 Å². The van der Waals surface area contributed by atoms with Crippen molar-refractivity contribution in [1.82, 2.24) is 20.4 Å². The Balaban J connectivity index is 1.46. The van der Waals surface area contributed by atoms with Crippen molar-refractivity contribution < 1.29 is 9.13 Å². The third kappa shape index (κ3) is 7.22. The summed E-state index contributed by atoms with van der Waals surface area (Å²) in [6, 6.07) is 7.00. The number of piperidine rings is 1. The highest BCUT2D eigenvalue weighted by Crippen LogP contribution is 2.22. The number of nitrogens with one attached hydrogen (secondary N) is 2. The maximum absolute atomic E-state index is 13.8. The van der Waals surface area contributed by atoms with Crippen LogP contribution in [0.15, 0.2) is 29.3 Å². The van der Waals surface area contributed by atoms with E-state index in [9.17, 15) is 4.39 Å². The first-order chi connectivity index (χ1) is 14.7. The molecule has 2 N–H and O–H groups in total. The lowest BCUT2D eigenvalue weighted by Gasteiger charge is -2.35. The Hall–Kier alpha value is -1.70. The summed E-state index contributed by atoms with van der Waals surface area (Å²) < 4.78 is 19.3. The van der Waals surface area contributed by atoms with E-state index in [0.717, 1.165) is 50.0 Å². The number of nitrogens with zero attached hydrogens (tertiary/aromatic N) is 3. The van der Waals surface area contributed by atoms with Gasteiger partial charge in [0.15, 0.2) is 5.96 Å². The van der Waals surface area contributed by atoms with E-state index in [-0.39, 0.29) is 11.9 Å². The molecule has 0 spiro atoms. The molecule has 2 fully saturated rings. The summed E-state index contributed by atoms with van der Waals surface area (Å²) in [6.45, 7) is 10.6. The zero-order chi connectivity index (χ0) is 21.2. The average Bonchev–Trinajstić information content (AvgIpc) is 2.77. The van der Waals surface area contributed by atoms with Gasteiger partial charge in [-0.2, -0.15) is 0 Å². The van der Waals surface area contributed by atoms with Crippen molar-refractivity contribution in [2.75, 3.05) is 66.1 Å². The minimum Gasteiger partial charge on any atom is -0.379 e. The van der Waals surface area contributed by atoms with Crippen molar-refractivity contribution in [3.8, 4) is 0 Å². The van der Waals surface area contributed by atoms with Gasteiger partial charge in [-0.1, -0.05) is 19.1 Å². The molecule has 30 heavy (non-hydrogen) atoms. The topological polar surface area (TPSA) is 52.1 Å². The van der Waals surface area contributed by atoms with Gasteiger partial charge in [0.1, 0.15) is 5.82 Å². The SMILES string of the molecule is CN=C(NCCCN1CCC(C)CC1)NCC(c1cccc(F)c1)N1CCOCC1. The lowest BCUT2D eigenvalue weighted by atomic mass is 9.99. The molecule has 2 heterocycles. The minimum atomic E-state index is -0.194. The van der Waals surface area contributed by atoms with Gasteiger partial charge in [0, 0.05) is 33.2 Å². The first-order valence-corrected chi connectivity index (χ1v) is 11.4. The number of rotatable bonds is 8. The highest BCUT2D eigenvalue weighted by molar-refractivity contribution is 5.79. The standard InChI is InChI=1S/C23H38FN5O/c1-19-7-11-28(12-8-19)10-4-9-26-23(25-2)27-18-22(29-13-15-30-16-14-29)20-5-3-6-21(24)17-20/h3,5-6,17,19,22H,4,7-16,18H2,1-2H3,(H2,25,26,27). The molecule has 0 aliphatic carbocycles. The van der Waals surface area contributed by atoms with E-state index in [1.807, 2.05) is 6.07 Å². The van der Waals surface area contributed by atoms with Crippen LogP contribution >= 0.6 is 0 Å². The number of hydrogen-bond acceptors (Lipinski definition) is 4. The van der Waals surface area contributed by atoms with Crippen molar-refractivity contribution in [2.24, 2.45) is 10.9 Å². The number of benzene rings is 1. The predicted molar refractivity (Wildman–Crippen MR) is 120 cm³/mol. The van der Waals surface area contributed by atoms with Crippen molar-refractivity contribution in [3.05, 3.63) is 35.6 Å². The fraction of sp³-hybridized carbons (Fsp3) is 0.696. The van der Waals surface area contributed by atoms with Crippen LogP contribution in [0.25, 0.3) is 0 Å². The van der Waals surface area contributed by atoms with Gasteiger partial charge in [-0.25, -0.2) is 4.39 Å². The molecule has 2 saturated heterocycles. The zero-order valence-electron chi connectivity index (χ0n) is 18.6. The molecule has 0 amide bonds. The molecule has 1 aromatic carbocycles. The first kappa shape index (κ1) is 23.0. The molecule has 6 nitrogen and oxygen atoms in total. The zero-order valence-corrected chi connectivity index (χ0v) is 18.6. The van der Waals surface area contributed by atoms with Crippen LogP contribution in [0.1, 0.15) is 37.8 Å². The monoisotopic (exact) mass is 419 g/mol. The molecule has 7 heteroatoms. The molecule has 2 aliphatic rings. The van der Waals surface area contributed by atoms with Gasteiger partial charge in [-0.05, 0) is 62.5 Å². The molecule has 0 aromatic heterocycles. The van der Waals surface area contributed by atoms with E-state index in [2.05, 4.69) is 32.3 Å². The number of morpholine rings is 1. The van der Waals surface area contributed by atoms with Gasteiger partial charge in [0.2, 0.25) is 0 Å². The molecule has 1 aromatic rings. The summed E-state index contributed by atoms with van der Waals surface area (Å²) in [4.78, 5) is 9.30. The van der Waals surface area contributed by atoms with E-state index in [1.54, 1.807) is 19.2 Å². The Kier molecular flexibility index (Phi) is 9.36. The van der Waals surface area contributed by atoms with Crippen molar-refractivity contribution in [1.29, 1.82) is 0 Å². The number of likely N-dealkylation sites (tertiary alicyclic amines) is 1. The van der Waals surface area contributed by atoms with Crippen LogP contribution in [-0.4, -0.2) is 81.8 Å². The first-order valence-electron chi connectivity index (χ1n) is 11.4. The van der Waals surface area contributed by atoms with Crippen LogP contribution in [-0.2, 0) is 4.74 Å². The van der Waals surface area contributed by atoms with Crippen LogP contribution in [0, 0.1) is 11.7 Å². The lowest BCUT2D eigenvalue weighted by Crippen LogP contribution is -2.46. The third-order valence-electron chi connectivity index (χ3n) is 6.23. The van der Waals surface area contributed by atoms with Crippen LogP contribution in [0.4, 0.5) is 4.39 Å². The van der Waals surface area contributed by atoms with Gasteiger partial charge < -0.3 is 20.3 Å². The average molecular weight is 420 g/mol. The van der Waals surface area contributed by atoms with E-state index < -0.39 is 0 Å². The fourth-order valence-corrected chi connectivity index (χ4v) is 4.27. The molecule has 0 bridgehead atoms. The van der Waals surface area contributed by atoms with Crippen LogP contribution in [0.5, 0.6) is 0 Å². The number of halogens is 1. The summed E-state index contributed by atoms with van der Waals surface area (Å²) in [5.41, 5.74) is 0.985. The molecule has 168 valence electrons.